The molecule has 1 amide bonds. The SMILES string of the molecule is Cc1ccccc1[C@@H]1CC(=N)C(=O)N(CC(F)(F)F)[C@@H]1C. The highest BCUT2D eigenvalue weighted by molar-refractivity contribution is 6.38. The molecule has 1 N–H and O–H groups in total. The number of hydrogen-bond donors (Lipinski definition) is 1. The Morgan fingerprint density at radius 2 is 1.95 bits per heavy atom. The number of piperidine rings is 1. The monoisotopic (exact) mass is 298 g/mol. The number of amides is 1. The van der Waals surface area contributed by atoms with Crippen molar-refractivity contribution in [3.8, 4) is 0 Å². The van der Waals surface area contributed by atoms with E-state index in [1.807, 2.05) is 31.2 Å². The lowest BCUT2D eigenvalue weighted by Gasteiger charge is -2.40. The van der Waals surface area contributed by atoms with E-state index in [-0.39, 0.29) is 18.1 Å². The summed E-state index contributed by atoms with van der Waals surface area (Å²) in [7, 11) is 0. The molecule has 1 fully saturated rings. The van der Waals surface area contributed by atoms with E-state index in [0.29, 0.717) is 0 Å². The first kappa shape index (κ1) is 15.5. The van der Waals surface area contributed by atoms with Crippen molar-refractivity contribution in [3.63, 3.8) is 0 Å². The number of carbonyl (C=O) groups is 1. The first-order valence-electron chi connectivity index (χ1n) is 6.71. The summed E-state index contributed by atoms with van der Waals surface area (Å²) in [4.78, 5) is 12.6. The molecule has 114 valence electrons. The van der Waals surface area contributed by atoms with Crippen LogP contribution in [0.3, 0.4) is 0 Å². The molecule has 1 aromatic carbocycles. The highest BCUT2D eigenvalue weighted by Gasteiger charge is 2.42. The third kappa shape index (κ3) is 3.25. The van der Waals surface area contributed by atoms with E-state index >= 15 is 0 Å². The smallest absolute Gasteiger partial charge is 0.325 e. The lowest BCUT2D eigenvalue weighted by atomic mass is 9.81. The van der Waals surface area contributed by atoms with E-state index in [9.17, 15) is 18.0 Å². The average Bonchev–Trinajstić information content (AvgIpc) is 2.39. The largest absolute Gasteiger partial charge is 0.406 e. The van der Waals surface area contributed by atoms with Crippen LogP contribution in [-0.2, 0) is 4.79 Å². The van der Waals surface area contributed by atoms with E-state index < -0.39 is 24.7 Å². The normalized spacial score (nSPS) is 23.6. The fourth-order valence-electron chi connectivity index (χ4n) is 2.83. The van der Waals surface area contributed by atoms with Crippen LogP contribution in [0, 0.1) is 12.3 Å². The van der Waals surface area contributed by atoms with Crippen molar-refractivity contribution in [2.75, 3.05) is 6.54 Å². The summed E-state index contributed by atoms with van der Waals surface area (Å²) in [6.07, 6.45) is -4.28. The Balaban J connectivity index is 2.35. The van der Waals surface area contributed by atoms with Crippen LogP contribution in [0.2, 0.25) is 0 Å². The van der Waals surface area contributed by atoms with E-state index in [1.54, 1.807) is 6.92 Å². The summed E-state index contributed by atoms with van der Waals surface area (Å²) in [5, 5.41) is 7.71. The van der Waals surface area contributed by atoms with Gasteiger partial charge in [-0.05, 0) is 25.0 Å². The number of carbonyl (C=O) groups excluding carboxylic acids is 1. The minimum Gasteiger partial charge on any atom is -0.325 e. The van der Waals surface area contributed by atoms with E-state index in [1.165, 1.54) is 0 Å². The van der Waals surface area contributed by atoms with E-state index in [0.717, 1.165) is 16.0 Å². The summed E-state index contributed by atoms with van der Waals surface area (Å²) in [5.41, 5.74) is 1.60. The predicted octanol–water partition coefficient (Wildman–Crippen LogP) is 3.28. The minimum absolute atomic E-state index is 0.180. The molecule has 0 saturated carbocycles. The van der Waals surface area contributed by atoms with Gasteiger partial charge in [-0.3, -0.25) is 10.2 Å². The zero-order valence-electron chi connectivity index (χ0n) is 11.9. The van der Waals surface area contributed by atoms with Crippen LogP contribution in [0.4, 0.5) is 13.2 Å². The highest BCUT2D eigenvalue weighted by Crippen LogP contribution is 2.34. The van der Waals surface area contributed by atoms with Gasteiger partial charge in [-0.1, -0.05) is 24.3 Å². The van der Waals surface area contributed by atoms with Crippen molar-refractivity contribution in [1.29, 1.82) is 5.41 Å². The van der Waals surface area contributed by atoms with Gasteiger partial charge in [-0.2, -0.15) is 13.2 Å². The quantitative estimate of drug-likeness (QED) is 0.894. The molecular weight excluding hydrogens is 281 g/mol. The zero-order chi connectivity index (χ0) is 15.8. The number of benzene rings is 1. The van der Waals surface area contributed by atoms with Gasteiger partial charge in [-0.15, -0.1) is 0 Å². The Morgan fingerprint density at radius 3 is 2.52 bits per heavy atom. The molecule has 6 heteroatoms. The van der Waals surface area contributed by atoms with E-state index in [2.05, 4.69) is 0 Å². The van der Waals surface area contributed by atoms with Crippen LogP contribution in [0.1, 0.15) is 30.4 Å². The fourth-order valence-corrected chi connectivity index (χ4v) is 2.83. The summed E-state index contributed by atoms with van der Waals surface area (Å²) >= 11 is 0. The minimum atomic E-state index is -4.46. The second-order valence-corrected chi connectivity index (χ2v) is 5.43. The molecule has 1 aromatic rings. The van der Waals surface area contributed by atoms with Gasteiger partial charge in [0.2, 0.25) is 0 Å². The van der Waals surface area contributed by atoms with Gasteiger partial charge in [0.15, 0.2) is 0 Å². The molecule has 2 rings (SSSR count). The Bertz CT molecular complexity index is 568. The molecule has 1 aliphatic rings. The first-order chi connectivity index (χ1) is 9.70. The maximum absolute atomic E-state index is 12.7. The lowest BCUT2D eigenvalue weighted by Crippen LogP contribution is -2.53. The second kappa shape index (κ2) is 5.50. The number of alkyl halides is 3. The van der Waals surface area contributed by atoms with Crippen LogP contribution in [-0.4, -0.2) is 35.3 Å². The van der Waals surface area contributed by atoms with Gasteiger partial charge in [0.25, 0.3) is 5.91 Å². The van der Waals surface area contributed by atoms with Crippen molar-refractivity contribution in [2.45, 2.75) is 38.4 Å². The van der Waals surface area contributed by atoms with E-state index in [4.69, 9.17) is 5.41 Å². The van der Waals surface area contributed by atoms with Gasteiger partial charge >= 0.3 is 6.18 Å². The van der Waals surface area contributed by atoms with Crippen molar-refractivity contribution < 1.29 is 18.0 Å². The van der Waals surface area contributed by atoms with Crippen molar-refractivity contribution in [2.24, 2.45) is 0 Å². The average molecular weight is 298 g/mol. The maximum Gasteiger partial charge on any atom is 0.406 e. The van der Waals surface area contributed by atoms with Gasteiger partial charge in [-0.25, -0.2) is 0 Å². The Morgan fingerprint density at radius 1 is 1.33 bits per heavy atom. The third-order valence-electron chi connectivity index (χ3n) is 3.95. The topological polar surface area (TPSA) is 44.2 Å². The van der Waals surface area contributed by atoms with Crippen LogP contribution in [0.5, 0.6) is 0 Å². The number of aryl methyl sites for hydroxylation is 1. The first-order valence-corrected chi connectivity index (χ1v) is 6.71. The van der Waals surface area contributed by atoms with Crippen molar-refractivity contribution in [3.05, 3.63) is 35.4 Å². The predicted molar refractivity (Wildman–Crippen MR) is 73.5 cm³/mol. The van der Waals surface area contributed by atoms with Crippen LogP contribution < -0.4 is 0 Å². The molecule has 1 saturated heterocycles. The van der Waals surface area contributed by atoms with Gasteiger partial charge in [0, 0.05) is 18.4 Å². The Labute approximate surface area is 121 Å². The summed E-state index contributed by atoms with van der Waals surface area (Å²) < 4.78 is 38.0. The summed E-state index contributed by atoms with van der Waals surface area (Å²) in [6.45, 7) is 2.20. The summed E-state index contributed by atoms with van der Waals surface area (Å²) in [6, 6.07) is 6.83. The zero-order valence-corrected chi connectivity index (χ0v) is 11.9. The number of halogens is 3. The number of nitrogens with zero attached hydrogens (tertiary/aromatic N) is 1. The van der Waals surface area contributed by atoms with Crippen molar-refractivity contribution in [1.82, 2.24) is 4.90 Å². The molecule has 3 nitrogen and oxygen atoms in total. The third-order valence-corrected chi connectivity index (χ3v) is 3.95. The van der Waals surface area contributed by atoms with Gasteiger partial charge in [0.1, 0.15) is 6.54 Å². The molecule has 0 unspecified atom stereocenters. The Kier molecular flexibility index (Phi) is 4.07. The number of hydrogen-bond acceptors (Lipinski definition) is 2. The molecule has 2 atom stereocenters. The van der Waals surface area contributed by atoms with Gasteiger partial charge in [0.05, 0.1) is 5.71 Å². The maximum atomic E-state index is 12.7. The highest BCUT2D eigenvalue weighted by atomic mass is 19.4. The number of rotatable bonds is 2. The molecule has 1 aliphatic heterocycles. The second-order valence-electron chi connectivity index (χ2n) is 5.43. The molecule has 1 heterocycles. The van der Waals surface area contributed by atoms with Crippen LogP contribution >= 0.6 is 0 Å². The molecule has 0 aliphatic carbocycles. The molecule has 21 heavy (non-hydrogen) atoms. The fraction of sp³-hybridized carbons (Fsp3) is 0.467. The number of likely N-dealkylation sites (tertiary alicyclic amines) is 1. The Hall–Kier alpha value is -1.85. The number of nitrogens with one attached hydrogen (secondary N) is 1. The lowest BCUT2D eigenvalue weighted by molar-refractivity contribution is -0.163. The standard InChI is InChI=1S/C15H17F3N2O/c1-9-5-3-4-6-11(9)12-7-13(19)14(21)20(10(12)2)8-15(16,17)18/h3-6,10,12,19H,7-8H2,1-2H3/t10-,12-/m1/s1. The molecule has 0 bridgehead atoms. The molecule has 0 radical (unpaired) electrons. The molecule has 0 aromatic heterocycles. The van der Waals surface area contributed by atoms with Crippen LogP contribution in [0.25, 0.3) is 0 Å². The van der Waals surface area contributed by atoms with Gasteiger partial charge < -0.3 is 4.90 Å². The molecular formula is C15H17F3N2O. The van der Waals surface area contributed by atoms with Crippen molar-refractivity contribution >= 4 is 11.6 Å². The summed E-state index contributed by atoms with van der Waals surface area (Å²) in [5.74, 6) is -1.09. The molecule has 0 spiro atoms. The van der Waals surface area contributed by atoms with Crippen LogP contribution in [0.15, 0.2) is 24.3 Å².